The van der Waals surface area contributed by atoms with Crippen LogP contribution in [0.15, 0.2) is 58.4 Å². The van der Waals surface area contributed by atoms with Gasteiger partial charge in [0, 0.05) is 25.0 Å². The number of unbranched alkanes of at least 4 members (excludes halogenated alkanes) is 2. The second-order valence-corrected chi connectivity index (χ2v) is 8.78. The van der Waals surface area contributed by atoms with E-state index in [2.05, 4.69) is 11.9 Å². The molecular formula is C27H33N5O3. The number of carbonyl (C=O) groups is 1. The Morgan fingerprint density at radius 2 is 1.63 bits per heavy atom. The predicted octanol–water partition coefficient (Wildman–Crippen LogP) is 4.17. The number of benzene rings is 2. The molecule has 2 aromatic heterocycles. The Balaban J connectivity index is 1.80. The summed E-state index contributed by atoms with van der Waals surface area (Å²) in [5.74, 6) is -0.302. The van der Waals surface area contributed by atoms with E-state index in [1.54, 1.807) is 15.8 Å². The lowest BCUT2D eigenvalue weighted by Gasteiger charge is -2.23. The monoisotopic (exact) mass is 475 g/mol. The number of nitrogens with zero attached hydrogens (tertiary/aromatic N) is 5. The van der Waals surface area contributed by atoms with Crippen molar-refractivity contribution in [2.75, 3.05) is 11.4 Å². The SMILES string of the molecule is CCCCn1cnc2c1c(=O)n(CC(=O)N(CC)c1cccc3ccccc13)c(=O)n2CCCC. The predicted molar refractivity (Wildman–Crippen MR) is 140 cm³/mol. The summed E-state index contributed by atoms with van der Waals surface area (Å²) in [5.41, 5.74) is 0.599. The molecule has 1 amide bonds. The standard InChI is InChI=1S/C27H33N5O3/c1-4-7-16-29-19-28-25-24(29)26(34)32(27(35)31(25)17-8-5-2)18-23(33)30(6-3)22-15-11-13-20-12-9-10-14-21(20)22/h9-15,19H,4-8,16-18H2,1-3H3. The number of aromatic nitrogens is 4. The van der Waals surface area contributed by atoms with E-state index in [0.29, 0.717) is 30.8 Å². The molecule has 35 heavy (non-hydrogen) atoms. The number of anilines is 1. The first kappa shape index (κ1) is 24.4. The van der Waals surface area contributed by atoms with E-state index in [1.165, 1.54) is 0 Å². The number of aryl methyl sites for hydroxylation is 2. The zero-order chi connectivity index (χ0) is 24.9. The van der Waals surface area contributed by atoms with Crippen LogP contribution in [0.3, 0.4) is 0 Å². The fraction of sp³-hybridized carbons (Fsp3) is 0.407. The van der Waals surface area contributed by atoms with Crippen LogP contribution in [-0.2, 0) is 24.4 Å². The maximum Gasteiger partial charge on any atom is 0.333 e. The first-order valence-electron chi connectivity index (χ1n) is 12.5. The van der Waals surface area contributed by atoms with Crippen LogP contribution in [0.1, 0.15) is 46.5 Å². The van der Waals surface area contributed by atoms with Crippen molar-refractivity contribution in [3.63, 3.8) is 0 Å². The lowest BCUT2D eigenvalue weighted by atomic mass is 10.1. The van der Waals surface area contributed by atoms with E-state index in [4.69, 9.17) is 0 Å². The molecule has 0 aliphatic heterocycles. The van der Waals surface area contributed by atoms with Crippen molar-refractivity contribution < 1.29 is 4.79 Å². The summed E-state index contributed by atoms with van der Waals surface area (Å²) in [7, 11) is 0. The fourth-order valence-corrected chi connectivity index (χ4v) is 4.54. The van der Waals surface area contributed by atoms with Gasteiger partial charge in [-0.05, 0) is 31.2 Å². The van der Waals surface area contributed by atoms with Crippen molar-refractivity contribution in [3.8, 4) is 0 Å². The molecule has 0 unspecified atom stereocenters. The third kappa shape index (κ3) is 4.65. The van der Waals surface area contributed by atoms with E-state index >= 15 is 0 Å². The van der Waals surface area contributed by atoms with Crippen molar-refractivity contribution in [1.29, 1.82) is 0 Å². The smallest absolute Gasteiger partial charge is 0.325 e. The van der Waals surface area contributed by atoms with Crippen LogP contribution in [0, 0.1) is 0 Å². The number of hydrogen-bond donors (Lipinski definition) is 0. The Bertz CT molecular complexity index is 1460. The van der Waals surface area contributed by atoms with Gasteiger partial charge in [-0.25, -0.2) is 14.3 Å². The maximum atomic E-state index is 13.5. The third-order valence-electron chi connectivity index (χ3n) is 6.44. The second-order valence-electron chi connectivity index (χ2n) is 8.78. The van der Waals surface area contributed by atoms with Crippen LogP contribution >= 0.6 is 0 Å². The average molecular weight is 476 g/mol. The van der Waals surface area contributed by atoms with Gasteiger partial charge in [-0.2, -0.15) is 0 Å². The molecule has 0 bridgehead atoms. The molecule has 2 heterocycles. The number of hydrogen-bond acceptors (Lipinski definition) is 4. The number of likely N-dealkylation sites (N-methyl/N-ethyl adjacent to an activating group) is 1. The van der Waals surface area contributed by atoms with E-state index < -0.39 is 11.2 Å². The Kier molecular flexibility index (Phi) is 7.48. The lowest BCUT2D eigenvalue weighted by Crippen LogP contribution is -2.45. The van der Waals surface area contributed by atoms with E-state index in [9.17, 15) is 14.4 Å². The Hall–Kier alpha value is -3.68. The van der Waals surface area contributed by atoms with E-state index in [-0.39, 0.29) is 12.5 Å². The molecule has 4 aromatic rings. The summed E-state index contributed by atoms with van der Waals surface area (Å²) in [5, 5.41) is 1.97. The minimum absolute atomic E-state index is 0.302. The fourth-order valence-electron chi connectivity index (χ4n) is 4.54. The number of fused-ring (bicyclic) bond motifs is 2. The quantitative estimate of drug-likeness (QED) is 0.345. The van der Waals surface area contributed by atoms with Gasteiger partial charge in [-0.3, -0.25) is 14.2 Å². The molecule has 0 atom stereocenters. The van der Waals surface area contributed by atoms with Gasteiger partial charge >= 0.3 is 5.69 Å². The molecule has 0 saturated heterocycles. The van der Waals surface area contributed by atoms with Crippen molar-refractivity contribution in [2.45, 2.75) is 66.1 Å². The minimum atomic E-state index is -0.487. The van der Waals surface area contributed by atoms with Crippen molar-refractivity contribution >= 4 is 33.5 Å². The van der Waals surface area contributed by atoms with Crippen LogP contribution in [0.4, 0.5) is 5.69 Å². The molecule has 8 heteroatoms. The van der Waals surface area contributed by atoms with Gasteiger partial charge in [0.1, 0.15) is 6.54 Å². The first-order valence-corrected chi connectivity index (χ1v) is 12.5. The van der Waals surface area contributed by atoms with Gasteiger partial charge in [0.05, 0.1) is 12.0 Å². The molecule has 0 fully saturated rings. The minimum Gasteiger partial charge on any atom is -0.325 e. The molecular weight excluding hydrogens is 442 g/mol. The Labute approximate surface area is 204 Å². The molecule has 4 rings (SSSR count). The van der Waals surface area contributed by atoms with E-state index in [0.717, 1.165) is 46.7 Å². The van der Waals surface area contributed by atoms with Crippen molar-refractivity contribution in [1.82, 2.24) is 18.7 Å². The van der Waals surface area contributed by atoms with E-state index in [1.807, 2.05) is 60.9 Å². The molecule has 0 radical (unpaired) electrons. The zero-order valence-electron chi connectivity index (χ0n) is 20.7. The van der Waals surface area contributed by atoms with Crippen LogP contribution in [-0.4, -0.2) is 31.1 Å². The largest absolute Gasteiger partial charge is 0.333 e. The van der Waals surface area contributed by atoms with Gasteiger partial charge in [-0.15, -0.1) is 0 Å². The third-order valence-corrected chi connectivity index (χ3v) is 6.44. The van der Waals surface area contributed by atoms with Crippen molar-refractivity contribution in [2.24, 2.45) is 0 Å². The highest BCUT2D eigenvalue weighted by Crippen LogP contribution is 2.26. The molecule has 2 aromatic carbocycles. The molecule has 0 aliphatic carbocycles. The molecule has 0 spiro atoms. The summed E-state index contributed by atoms with van der Waals surface area (Å²) in [6, 6.07) is 13.7. The van der Waals surface area contributed by atoms with Gasteiger partial charge < -0.3 is 9.47 Å². The topological polar surface area (TPSA) is 82.1 Å². The number of rotatable bonds is 10. The molecule has 0 saturated carbocycles. The second kappa shape index (κ2) is 10.7. The van der Waals surface area contributed by atoms with Crippen molar-refractivity contribution in [3.05, 3.63) is 69.6 Å². The Morgan fingerprint density at radius 3 is 2.37 bits per heavy atom. The first-order chi connectivity index (χ1) is 17.0. The average Bonchev–Trinajstić information content (AvgIpc) is 3.29. The molecule has 8 nitrogen and oxygen atoms in total. The summed E-state index contributed by atoms with van der Waals surface area (Å²) >= 11 is 0. The Morgan fingerprint density at radius 1 is 0.914 bits per heavy atom. The molecule has 0 N–H and O–H groups in total. The number of imidazole rings is 1. The number of amides is 1. The van der Waals surface area contributed by atoms with Gasteiger partial charge in [0.25, 0.3) is 5.56 Å². The highest BCUT2D eigenvalue weighted by molar-refractivity contribution is 6.03. The van der Waals surface area contributed by atoms with Crippen LogP contribution in [0.25, 0.3) is 21.9 Å². The maximum absolute atomic E-state index is 13.5. The van der Waals surface area contributed by atoms with Crippen LogP contribution in [0.2, 0.25) is 0 Å². The van der Waals surface area contributed by atoms with Gasteiger partial charge in [0.15, 0.2) is 11.2 Å². The summed E-state index contributed by atoms with van der Waals surface area (Å²) in [6.45, 7) is 7.21. The zero-order valence-corrected chi connectivity index (χ0v) is 20.7. The highest BCUT2D eigenvalue weighted by atomic mass is 16.2. The summed E-state index contributed by atoms with van der Waals surface area (Å²) in [4.78, 5) is 46.6. The normalized spacial score (nSPS) is 11.4. The van der Waals surface area contributed by atoms with Crippen LogP contribution in [0.5, 0.6) is 0 Å². The summed E-state index contributed by atoms with van der Waals surface area (Å²) < 4.78 is 4.44. The molecule has 0 aliphatic rings. The van der Waals surface area contributed by atoms with Crippen LogP contribution < -0.4 is 16.1 Å². The highest BCUT2D eigenvalue weighted by Gasteiger charge is 2.22. The molecule has 184 valence electrons. The number of carbonyl (C=O) groups excluding carboxylic acids is 1. The van der Waals surface area contributed by atoms with Gasteiger partial charge in [0.2, 0.25) is 5.91 Å². The lowest BCUT2D eigenvalue weighted by molar-refractivity contribution is -0.119. The van der Waals surface area contributed by atoms with Gasteiger partial charge in [-0.1, -0.05) is 63.1 Å². The summed E-state index contributed by atoms with van der Waals surface area (Å²) in [6.07, 6.45) is 5.17.